The monoisotopic (exact) mass is 902 g/mol. The number of nitrogens with one attached hydrogen (secondary N) is 1. The van der Waals surface area contributed by atoms with Crippen LogP contribution in [0.4, 0.5) is 0 Å². The van der Waals surface area contributed by atoms with Crippen molar-refractivity contribution in [1.82, 2.24) is 5.32 Å². The number of carbonyl (C=O) groups excluding carboxylic acids is 1. The number of unbranched alkanes of at least 4 members (excludes halogenated alkanes) is 23. The minimum Gasteiger partial charge on any atom is -0.394 e. The number of carbonyl (C=O) groups is 1. The van der Waals surface area contributed by atoms with Crippen LogP contribution in [0.1, 0.15) is 187 Å². The zero-order valence-electron chi connectivity index (χ0n) is 39.1. The molecule has 0 aromatic heterocycles. The van der Waals surface area contributed by atoms with Gasteiger partial charge in [-0.05, 0) is 44.9 Å². The van der Waals surface area contributed by atoms with E-state index in [1.165, 1.54) is 103 Å². The largest absolute Gasteiger partial charge is 0.394 e. The molecule has 14 nitrogen and oxygen atoms in total. The van der Waals surface area contributed by atoms with E-state index >= 15 is 0 Å². The molecule has 2 heterocycles. The molecule has 0 aromatic carbocycles. The molecule has 2 aliphatic heterocycles. The second-order valence-corrected chi connectivity index (χ2v) is 17.9. The fourth-order valence-electron chi connectivity index (χ4n) is 8.23. The maximum atomic E-state index is 13.1. The summed E-state index contributed by atoms with van der Waals surface area (Å²) >= 11 is 0. The Kier molecular flexibility index (Phi) is 33.4. The lowest BCUT2D eigenvalue weighted by molar-refractivity contribution is -0.359. The molecule has 0 bridgehead atoms. The number of aliphatic hydroxyl groups excluding tert-OH is 8. The van der Waals surface area contributed by atoms with E-state index in [4.69, 9.17) is 18.9 Å². The first-order valence-electron chi connectivity index (χ1n) is 25.1. The molecule has 0 aromatic rings. The highest BCUT2D eigenvalue weighted by molar-refractivity contribution is 5.76. The zero-order valence-corrected chi connectivity index (χ0v) is 39.1. The van der Waals surface area contributed by atoms with E-state index in [1.807, 2.05) is 6.08 Å². The first kappa shape index (κ1) is 57.6. The lowest BCUT2D eigenvalue weighted by Gasteiger charge is -2.46. The fraction of sp³-hybridized carbons (Fsp3) is 0.898. The standard InChI is InChI=1S/C49H91NO13/c1-3-5-7-9-11-13-15-17-18-19-20-21-22-24-26-28-30-32-38(53)37(50-41(54)33-31-29-27-25-23-16-14-12-10-8-6-4-2)36-60-48-46(59)44(57)47(40(35-52)62-48)63-49-45(58)43(56)42(55)39(34-51)61-49/h12,14,30,32,37-40,42-49,51-53,55-59H,3-11,13,15-29,31,33-36H2,1-2H3,(H,50,54)/b14-12-,32-30+. The number of hydrogen-bond donors (Lipinski definition) is 9. The van der Waals surface area contributed by atoms with Crippen LogP contribution in [-0.2, 0) is 23.7 Å². The highest BCUT2D eigenvalue weighted by Crippen LogP contribution is 2.30. The Morgan fingerprint density at radius 3 is 1.54 bits per heavy atom. The number of allylic oxidation sites excluding steroid dienone is 3. The summed E-state index contributed by atoms with van der Waals surface area (Å²) in [5, 5.41) is 86.6. The Hall–Kier alpha value is -1.53. The molecule has 0 radical (unpaired) electrons. The highest BCUT2D eigenvalue weighted by atomic mass is 16.7. The smallest absolute Gasteiger partial charge is 0.220 e. The number of hydrogen-bond acceptors (Lipinski definition) is 13. The molecule has 1 amide bonds. The summed E-state index contributed by atoms with van der Waals surface area (Å²) in [4.78, 5) is 13.1. The van der Waals surface area contributed by atoms with E-state index in [-0.39, 0.29) is 18.9 Å². The third kappa shape index (κ3) is 24.2. The maximum Gasteiger partial charge on any atom is 0.220 e. The Bertz CT molecular complexity index is 1160. The molecule has 0 spiro atoms. The predicted octanol–water partition coefficient (Wildman–Crippen LogP) is 6.16. The van der Waals surface area contributed by atoms with Crippen molar-refractivity contribution in [3.63, 3.8) is 0 Å². The van der Waals surface area contributed by atoms with Crippen molar-refractivity contribution in [1.29, 1.82) is 0 Å². The number of aliphatic hydroxyl groups is 8. The molecule has 2 rings (SSSR count). The van der Waals surface area contributed by atoms with Gasteiger partial charge in [-0.1, -0.05) is 160 Å². The predicted molar refractivity (Wildman–Crippen MR) is 245 cm³/mol. The highest BCUT2D eigenvalue weighted by Gasteiger charge is 2.51. The molecule has 9 N–H and O–H groups in total. The first-order chi connectivity index (χ1) is 30.6. The molecule has 2 fully saturated rings. The van der Waals surface area contributed by atoms with Crippen LogP contribution in [0, 0.1) is 0 Å². The Labute approximate surface area is 379 Å². The summed E-state index contributed by atoms with van der Waals surface area (Å²) < 4.78 is 22.7. The summed E-state index contributed by atoms with van der Waals surface area (Å²) in [5.74, 6) is -0.250. The lowest BCUT2D eigenvalue weighted by Crippen LogP contribution is -2.65. The van der Waals surface area contributed by atoms with E-state index in [1.54, 1.807) is 6.08 Å². The normalized spacial score (nSPS) is 27.7. The van der Waals surface area contributed by atoms with Crippen LogP contribution in [0.5, 0.6) is 0 Å². The molecule has 12 unspecified atom stereocenters. The van der Waals surface area contributed by atoms with Crippen molar-refractivity contribution in [2.45, 2.75) is 261 Å². The molecule has 0 saturated carbocycles. The third-order valence-corrected chi connectivity index (χ3v) is 12.4. The van der Waals surface area contributed by atoms with Crippen LogP contribution in [0.3, 0.4) is 0 Å². The van der Waals surface area contributed by atoms with Gasteiger partial charge in [0.1, 0.15) is 48.8 Å². The zero-order chi connectivity index (χ0) is 46.1. The summed E-state index contributed by atoms with van der Waals surface area (Å²) in [6.07, 6.45) is 22.2. The van der Waals surface area contributed by atoms with Crippen LogP contribution in [0.2, 0.25) is 0 Å². The van der Waals surface area contributed by atoms with Gasteiger partial charge in [0.05, 0.1) is 32.0 Å². The van der Waals surface area contributed by atoms with Gasteiger partial charge in [0.2, 0.25) is 5.91 Å². The van der Waals surface area contributed by atoms with Gasteiger partial charge >= 0.3 is 0 Å². The Balaban J connectivity index is 1.86. The molecule has 0 aliphatic carbocycles. The SMILES string of the molecule is CCCCC/C=C\CCCCCCCC(=O)NC(COC1OC(CO)C(OC2OC(CO)C(O)C(O)C2O)C(O)C1O)C(O)/C=C/CCCCCCCCCCCCCCCCC. The first-order valence-corrected chi connectivity index (χ1v) is 25.1. The average Bonchev–Trinajstić information content (AvgIpc) is 3.28. The van der Waals surface area contributed by atoms with Crippen molar-refractivity contribution < 1.29 is 64.6 Å². The fourth-order valence-corrected chi connectivity index (χ4v) is 8.23. The molecule has 14 heteroatoms. The molecule has 12 atom stereocenters. The van der Waals surface area contributed by atoms with Gasteiger partial charge in [0.25, 0.3) is 0 Å². The van der Waals surface area contributed by atoms with Gasteiger partial charge in [-0.15, -0.1) is 0 Å². The van der Waals surface area contributed by atoms with E-state index in [2.05, 4.69) is 31.3 Å². The molecule has 2 aliphatic rings. The quantitative estimate of drug-likeness (QED) is 0.0250. The average molecular weight is 902 g/mol. The summed E-state index contributed by atoms with van der Waals surface area (Å²) in [6.45, 7) is 2.75. The van der Waals surface area contributed by atoms with Crippen LogP contribution >= 0.6 is 0 Å². The maximum absolute atomic E-state index is 13.1. The third-order valence-electron chi connectivity index (χ3n) is 12.4. The van der Waals surface area contributed by atoms with E-state index in [0.29, 0.717) is 6.42 Å². The number of ether oxygens (including phenoxy) is 4. The lowest BCUT2D eigenvalue weighted by atomic mass is 9.97. The van der Waals surface area contributed by atoms with Gasteiger partial charge in [-0.3, -0.25) is 4.79 Å². The van der Waals surface area contributed by atoms with Crippen LogP contribution in [0.15, 0.2) is 24.3 Å². The van der Waals surface area contributed by atoms with E-state index < -0.39 is 86.8 Å². The van der Waals surface area contributed by atoms with Crippen molar-refractivity contribution in [3.8, 4) is 0 Å². The number of amides is 1. The minimum atomic E-state index is -1.79. The molecular formula is C49H91NO13. The van der Waals surface area contributed by atoms with Crippen molar-refractivity contribution in [2.75, 3.05) is 19.8 Å². The van der Waals surface area contributed by atoms with Crippen LogP contribution < -0.4 is 5.32 Å². The van der Waals surface area contributed by atoms with Crippen LogP contribution in [-0.4, -0.2) is 140 Å². The summed E-state index contributed by atoms with van der Waals surface area (Å²) in [5.41, 5.74) is 0. The molecule has 2 saturated heterocycles. The second-order valence-electron chi connectivity index (χ2n) is 17.9. The molecular weight excluding hydrogens is 811 g/mol. The Morgan fingerprint density at radius 1 is 0.556 bits per heavy atom. The van der Waals surface area contributed by atoms with Crippen LogP contribution in [0.25, 0.3) is 0 Å². The van der Waals surface area contributed by atoms with E-state index in [0.717, 1.165) is 57.8 Å². The second kappa shape index (κ2) is 36.6. The summed E-state index contributed by atoms with van der Waals surface area (Å²) in [6, 6.07) is -0.914. The summed E-state index contributed by atoms with van der Waals surface area (Å²) in [7, 11) is 0. The van der Waals surface area contributed by atoms with Gasteiger partial charge in [-0.2, -0.15) is 0 Å². The van der Waals surface area contributed by atoms with Crippen molar-refractivity contribution >= 4 is 5.91 Å². The Morgan fingerprint density at radius 2 is 1.00 bits per heavy atom. The topological polar surface area (TPSA) is 228 Å². The molecule has 370 valence electrons. The van der Waals surface area contributed by atoms with Crippen molar-refractivity contribution in [3.05, 3.63) is 24.3 Å². The van der Waals surface area contributed by atoms with Gasteiger partial charge in [0.15, 0.2) is 12.6 Å². The van der Waals surface area contributed by atoms with Crippen molar-refractivity contribution in [2.24, 2.45) is 0 Å². The minimum absolute atomic E-state index is 0.250. The van der Waals surface area contributed by atoms with Gasteiger partial charge in [0, 0.05) is 6.42 Å². The van der Waals surface area contributed by atoms with Gasteiger partial charge < -0.3 is 65.1 Å². The van der Waals surface area contributed by atoms with E-state index in [9.17, 15) is 45.6 Å². The molecule has 63 heavy (non-hydrogen) atoms. The van der Waals surface area contributed by atoms with Gasteiger partial charge in [-0.25, -0.2) is 0 Å². The number of rotatable bonds is 38.